The summed E-state index contributed by atoms with van der Waals surface area (Å²) in [4.78, 5) is 25.5. The largest absolute Gasteiger partial charge is 0.469 e. The summed E-state index contributed by atoms with van der Waals surface area (Å²) in [6.45, 7) is 2.54. The van der Waals surface area contributed by atoms with Crippen molar-refractivity contribution in [3.05, 3.63) is 29.7 Å². The molecule has 1 aromatic rings. The standard InChI is InChI=1S/C16H21NO4/c1-12-6-7-14(21-12)8-9-15(18)17-10-4-3-5-13(17)11-16(19)20-2/h6-9,13H,3-5,10-11H2,1-2H3/b9-8+. The number of hydrogen-bond acceptors (Lipinski definition) is 4. The molecular weight excluding hydrogens is 270 g/mol. The first-order chi connectivity index (χ1) is 10.1. The Balaban J connectivity index is 2.01. The van der Waals surface area contributed by atoms with E-state index in [4.69, 9.17) is 9.15 Å². The van der Waals surface area contributed by atoms with Crippen LogP contribution in [0.1, 0.15) is 37.2 Å². The van der Waals surface area contributed by atoms with Gasteiger partial charge in [0.15, 0.2) is 0 Å². The minimum absolute atomic E-state index is 0.0679. The van der Waals surface area contributed by atoms with E-state index in [1.165, 1.54) is 13.2 Å². The Morgan fingerprint density at radius 3 is 2.90 bits per heavy atom. The molecule has 1 aliphatic heterocycles. The van der Waals surface area contributed by atoms with Crippen LogP contribution in [0.3, 0.4) is 0 Å². The number of esters is 1. The lowest BCUT2D eigenvalue weighted by Crippen LogP contribution is -2.44. The molecular formula is C16H21NO4. The second-order valence-corrected chi connectivity index (χ2v) is 5.24. The Bertz CT molecular complexity index is 532. The Hall–Kier alpha value is -2.04. The molecule has 1 aliphatic rings. The first kappa shape index (κ1) is 15.4. The maximum absolute atomic E-state index is 12.3. The maximum Gasteiger partial charge on any atom is 0.307 e. The zero-order valence-electron chi connectivity index (χ0n) is 12.5. The highest BCUT2D eigenvalue weighted by atomic mass is 16.5. The lowest BCUT2D eigenvalue weighted by Gasteiger charge is -2.34. The molecule has 2 heterocycles. The summed E-state index contributed by atoms with van der Waals surface area (Å²) in [5.41, 5.74) is 0. The lowest BCUT2D eigenvalue weighted by molar-refractivity contribution is -0.143. The van der Waals surface area contributed by atoms with Gasteiger partial charge in [0, 0.05) is 18.7 Å². The van der Waals surface area contributed by atoms with Gasteiger partial charge in [0.1, 0.15) is 11.5 Å². The van der Waals surface area contributed by atoms with Crippen molar-refractivity contribution in [2.75, 3.05) is 13.7 Å². The van der Waals surface area contributed by atoms with Crippen molar-refractivity contribution in [3.8, 4) is 0 Å². The fourth-order valence-corrected chi connectivity index (χ4v) is 2.57. The van der Waals surface area contributed by atoms with Gasteiger partial charge in [0.2, 0.25) is 5.91 Å². The quantitative estimate of drug-likeness (QED) is 0.632. The van der Waals surface area contributed by atoms with Gasteiger partial charge >= 0.3 is 5.97 Å². The molecule has 1 saturated heterocycles. The number of amides is 1. The Morgan fingerprint density at radius 1 is 1.43 bits per heavy atom. The predicted octanol–water partition coefficient (Wildman–Crippen LogP) is 2.55. The number of likely N-dealkylation sites (tertiary alicyclic amines) is 1. The van der Waals surface area contributed by atoms with E-state index in [0.717, 1.165) is 25.0 Å². The molecule has 0 radical (unpaired) electrons. The summed E-state index contributed by atoms with van der Waals surface area (Å²) in [7, 11) is 1.37. The number of carbonyl (C=O) groups excluding carboxylic acids is 2. The number of rotatable bonds is 4. The van der Waals surface area contributed by atoms with Gasteiger partial charge in [-0.1, -0.05) is 0 Å². The van der Waals surface area contributed by atoms with Crippen LogP contribution < -0.4 is 0 Å². The third-order valence-electron chi connectivity index (χ3n) is 3.69. The van der Waals surface area contributed by atoms with E-state index in [-0.39, 0.29) is 24.3 Å². The van der Waals surface area contributed by atoms with E-state index in [2.05, 4.69) is 0 Å². The summed E-state index contributed by atoms with van der Waals surface area (Å²) < 4.78 is 10.1. The minimum atomic E-state index is -0.273. The van der Waals surface area contributed by atoms with Gasteiger partial charge in [-0.15, -0.1) is 0 Å². The van der Waals surface area contributed by atoms with Crippen LogP contribution in [-0.4, -0.2) is 36.5 Å². The third-order valence-corrected chi connectivity index (χ3v) is 3.69. The van der Waals surface area contributed by atoms with E-state index in [1.807, 2.05) is 19.1 Å². The van der Waals surface area contributed by atoms with Crippen LogP contribution in [0.15, 0.2) is 22.6 Å². The van der Waals surface area contributed by atoms with Crippen molar-refractivity contribution in [1.29, 1.82) is 0 Å². The zero-order chi connectivity index (χ0) is 15.2. The SMILES string of the molecule is COC(=O)CC1CCCCN1C(=O)/C=C/c1ccc(C)o1. The average Bonchev–Trinajstić information content (AvgIpc) is 2.91. The number of piperidine rings is 1. The predicted molar refractivity (Wildman–Crippen MR) is 78.5 cm³/mol. The van der Waals surface area contributed by atoms with Crippen LogP contribution in [0, 0.1) is 6.92 Å². The number of ether oxygens (including phenoxy) is 1. The van der Waals surface area contributed by atoms with E-state index in [9.17, 15) is 9.59 Å². The van der Waals surface area contributed by atoms with Crippen LogP contribution in [0.5, 0.6) is 0 Å². The van der Waals surface area contributed by atoms with Crippen molar-refractivity contribution in [2.24, 2.45) is 0 Å². The number of nitrogens with zero attached hydrogens (tertiary/aromatic N) is 1. The van der Waals surface area contributed by atoms with Gasteiger partial charge in [-0.25, -0.2) is 0 Å². The highest BCUT2D eigenvalue weighted by molar-refractivity contribution is 5.92. The van der Waals surface area contributed by atoms with Gasteiger partial charge in [0.05, 0.1) is 13.5 Å². The molecule has 0 bridgehead atoms. The van der Waals surface area contributed by atoms with Crippen LogP contribution in [0.2, 0.25) is 0 Å². The number of carbonyl (C=O) groups is 2. The molecule has 1 aromatic heterocycles. The molecule has 114 valence electrons. The molecule has 0 saturated carbocycles. The number of furan rings is 1. The first-order valence-corrected chi connectivity index (χ1v) is 7.22. The topological polar surface area (TPSA) is 59.8 Å². The van der Waals surface area contributed by atoms with Crippen LogP contribution in [0.4, 0.5) is 0 Å². The van der Waals surface area contributed by atoms with E-state index in [1.54, 1.807) is 11.0 Å². The van der Waals surface area contributed by atoms with Crippen molar-refractivity contribution in [2.45, 2.75) is 38.6 Å². The highest BCUT2D eigenvalue weighted by Gasteiger charge is 2.27. The summed E-state index contributed by atoms with van der Waals surface area (Å²) in [6.07, 6.45) is 6.28. The second-order valence-electron chi connectivity index (χ2n) is 5.24. The summed E-state index contributed by atoms with van der Waals surface area (Å²) >= 11 is 0. The molecule has 1 amide bonds. The normalized spacial score (nSPS) is 19.0. The van der Waals surface area contributed by atoms with Crippen molar-refractivity contribution in [1.82, 2.24) is 4.90 Å². The molecule has 5 nitrogen and oxygen atoms in total. The van der Waals surface area contributed by atoms with Crippen molar-refractivity contribution >= 4 is 18.0 Å². The average molecular weight is 291 g/mol. The lowest BCUT2D eigenvalue weighted by atomic mass is 9.99. The molecule has 0 spiro atoms. The summed E-state index contributed by atoms with van der Waals surface area (Å²) in [5.74, 6) is 1.11. The number of methoxy groups -OCH3 is 1. The highest BCUT2D eigenvalue weighted by Crippen LogP contribution is 2.21. The molecule has 0 aliphatic carbocycles. The fraction of sp³-hybridized carbons (Fsp3) is 0.500. The summed E-state index contributed by atoms with van der Waals surface area (Å²) in [6, 6.07) is 3.61. The van der Waals surface area contributed by atoms with Gasteiger partial charge in [-0.05, 0) is 44.4 Å². The van der Waals surface area contributed by atoms with Gasteiger partial charge in [-0.3, -0.25) is 9.59 Å². The monoisotopic (exact) mass is 291 g/mol. The first-order valence-electron chi connectivity index (χ1n) is 7.22. The second kappa shape index (κ2) is 7.11. The van der Waals surface area contributed by atoms with E-state index >= 15 is 0 Å². The van der Waals surface area contributed by atoms with Crippen LogP contribution in [-0.2, 0) is 14.3 Å². The number of aryl methyl sites for hydroxylation is 1. The molecule has 2 rings (SSSR count). The molecule has 0 N–H and O–H groups in total. The van der Waals surface area contributed by atoms with Crippen LogP contribution >= 0.6 is 0 Å². The number of hydrogen-bond donors (Lipinski definition) is 0. The van der Waals surface area contributed by atoms with Gasteiger partial charge < -0.3 is 14.1 Å². The van der Waals surface area contributed by atoms with E-state index < -0.39 is 0 Å². The Labute approximate surface area is 124 Å². The molecule has 0 aromatic carbocycles. The Morgan fingerprint density at radius 2 is 2.24 bits per heavy atom. The summed E-state index contributed by atoms with van der Waals surface area (Å²) in [5, 5.41) is 0. The van der Waals surface area contributed by atoms with Gasteiger partial charge in [0.25, 0.3) is 0 Å². The third kappa shape index (κ3) is 4.21. The van der Waals surface area contributed by atoms with Crippen molar-refractivity contribution < 1.29 is 18.7 Å². The smallest absolute Gasteiger partial charge is 0.307 e. The molecule has 1 fully saturated rings. The fourth-order valence-electron chi connectivity index (χ4n) is 2.57. The molecule has 5 heteroatoms. The minimum Gasteiger partial charge on any atom is -0.469 e. The zero-order valence-corrected chi connectivity index (χ0v) is 12.5. The Kier molecular flexibility index (Phi) is 5.20. The molecule has 1 atom stereocenters. The maximum atomic E-state index is 12.3. The van der Waals surface area contributed by atoms with E-state index in [0.29, 0.717) is 12.3 Å². The van der Waals surface area contributed by atoms with Crippen molar-refractivity contribution in [3.63, 3.8) is 0 Å². The van der Waals surface area contributed by atoms with Crippen LogP contribution in [0.25, 0.3) is 6.08 Å². The molecule has 1 unspecified atom stereocenters. The molecule has 21 heavy (non-hydrogen) atoms. The van der Waals surface area contributed by atoms with Gasteiger partial charge in [-0.2, -0.15) is 0 Å².